The Balaban J connectivity index is 1.86. The van der Waals surface area contributed by atoms with Crippen molar-refractivity contribution in [2.45, 2.75) is 45.8 Å². The molecule has 2 aliphatic rings. The van der Waals surface area contributed by atoms with Gasteiger partial charge in [-0.25, -0.2) is 4.79 Å². The number of ether oxygens (including phenoxy) is 1. The number of urea groups is 1. The number of morpholine rings is 1. The molecular weight excluding hydrogens is 304 g/mol. The summed E-state index contributed by atoms with van der Waals surface area (Å²) in [4.78, 5) is 19.4. The van der Waals surface area contributed by atoms with Gasteiger partial charge in [0.05, 0.1) is 18.8 Å². The number of hydrogen-bond acceptors (Lipinski definition) is 4. The van der Waals surface area contributed by atoms with Crippen LogP contribution in [0.4, 0.5) is 4.79 Å². The van der Waals surface area contributed by atoms with Crippen LogP contribution in [0.3, 0.4) is 0 Å². The molecule has 140 valence electrons. The van der Waals surface area contributed by atoms with Crippen molar-refractivity contribution in [1.82, 2.24) is 20.0 Å². The monoisotopic (exact) mass is 340 g/mol. The van der Waals surface area contributed by atoms with Gasteiger partial charge in [-0.2, -0.15) is 0 Å². The van der Waals surface area contributed by atoms with Gasteiger partial charge >= 0.3 is 6.03 Å². The average molecular weight is 341 g/mol. The summed E-state index contributed by atoms with van der Waals surface area (Å²) in [7, 11) is 2.17. The standard InChI is InChI=1S/C18H36N4O2/c1-6-18(4)14-22(11-12-24-18)17(23)19-13-16(15(2)3)21-9-7-20(5)8-10-21/h15-16H,6-14H2,1-5H3,(H,19,23)/t16-,18-/m0/s1. The third kappa shape index (κ3) is 5.07. The minimum atomic E-state index is -0.204. The Morgan fingerprint density at radius 1 is 1.21 bits per heavy atom. The number of piperazine rings is 1. The molecular formula is C18H36N4O2. The van der Waals surface area contributed by atoms with E-state index in [1.54, 1.807) is 0 Å². The first kappa shape index (κ1) is 19.5. The molecule has 2 aliphatic heterocycles. The normalized spacial score (nSPS) is 28.2. The topological polar surface area (TPSA) is 48.1 Å². The van der Waals surface area contributed by atoms with E-state index in [1.165, 1.54) is 0 Å². The van der Waals surface area contributed by atoms with Crippen molar-refractivity contribution in [3.05, 3.63) is 0 Å². The highest BCUT2D eigenvalue weighted by Gasteiger charge is 2.33. The number of rotatable bonds is 5. The van der Waals surface area contributed by atoms with Crippen LogP contribution in [0.1, 0.15) is 34.1 Å². The van der Waals surface area contributed by atoms with E-state index in [-0.39, 0.29) is 11.6 Å². The van der Waals surface area contributed by atoms with E-state index in [0.717, 1.165) is 39.1 Å². The van der Waals surface area contributed by atoms with Crippen molar-refractivity contribution >= 4 is 6.03 Å². The summed E-state index contributed by atoms with van der Waals surface area (Å²) in [5.41, 5.74) is -0.204. The summed E-state index contributed by atoms with van der Waals surface area (Å²) >= 11 is 0. The maximum absolute atomic E-state index is 12.6. The first-order valence-electron chi connectivity index (χ1n) is 9.44. The summed E-state index contributed by atoms with van der Waals surface area (Å²) in [6.07, 6.45) is 0.923. The van der Waals surface area contributed by atoms with Crippen LogP contribution in [0.15, 0.2) is 0 Å². The number of hydrogen-bond donors (Lipinski definition) is 1. The Morgan fingerprint density at radius 3 is 2.46 bits per heavy atom. The van der Waals surface area contributed by atoms with Gasteiger partial charge in [-0.05, 0) is 26.3 Å². The zero-order valence-corrected chi connectivity index (χ0v) is 16.2. The molecule has 2 heterocycles. The lowest BCUT2D eigenvalue weighted by molar-refractivity contribution is -0.0873. The molecule has 6 nitrogen and oxygen atoms in total. The lowest BCUT2D eigenvalue weighted by Crippen LogP contribution is -2.57. The smallest absolute Gasteiger partial charge is 0.317 e. The first-order chi connectivity index (χ1) is 11.3. The van der Waals surface area contributed by atoms with Crippen LogP contribution in [0.25, 0.3) is 0 Å². The number of nitrogens with one attached hydrogen (secondary N) is 1. The first-order valence-corrected chi connectivity index (χ1v) is 9.44. The van der Waals surface area contributed by atoms with Gasteiger partial charge in [-0.15, -0.1) is 0 Å². The molecule has 0 aromatic carbocycles. The van der Waals surface area contributed by atoms with Gasteiger partial charge in [-0.3, -0.25) is 4.90 Å². The Labute approximate surface area is 147 Å². The van der Waals surface area contributed by atoms with E-state index < -0.39 is 0 Å². The van der Waals surface area contributed by atoms with Crippen molar-refractivity contribution < 1.29 is 9.53 Å². The Bertz CT molecular complexity index is 410. The maximum atomic E-state index is 12.6. The fraction of sp³-hybridized carbons (Fsp3) is 0.944. The third-order valence-corrected chi connectivity index (χ3v) is 5.61. The second-order valence-corrected chi connectivity index (χ2v) is 7.91. The molecule has 0 aromatic heterocycles. The summed E-state index contributed by atoms with van der Waals surface area (Å²) < 4.78 is 5.83. The molecule has 0 aromatic rings. The molecule has 0 spiro atoms. The van der Waals surface area contributed by atoms with Crippen LogP contribution in [0, 0.1) is 5.92 Å². The lowest BCUT2D eigenvalue weighted by Gasteiger charge is -2.42. The van der Waals surface area contributed by atoms with Gasteiger partial charge in [0, 0.05) is 45.3 Å². The van der Waals surface area contributed by atoms with Crippen molar-refractivity contribution in [3.63, 3.8) is 0 Å². The van der Waals surface area contributed by atoms with Crippen LogP contribution in [0.5, 0.6) is 0 Å². The second kappa shape index (κ2) is 8.50. The average Bonchev–Trinajstić information content (AvgIpc) is 2.56. The second-order valence-electron chi connectivity index (χ2n) is 7.91. The Kier molecular flexibility index (Phi) is 6.89. The minimum Gasteiger partial charge on any atom is -0.372 e. The third-order valence-electron chi connectivity index (χ3n) is 5.61. The van der Waals surface area contributed by atoms with Crippen molar-refractivity contribution in [2.75, 3.05) is 59.5 Å². The van der Waals surface area contributed by atoms with E-state index in [1.807, 2.05) is 4.90 Å². The van der Waals surface area contributed by atoms with E-state index >= 15 is 0 Å². The zero-order valence-electron chi connectivity index (χ0n) is 16.2. The highest BCUT2D eigenvalue weighted by Crippen LogP contribution is 2.21. The quantitative estimate of drug-likeness (QED) is 0.823. The fourth-order valence-electron chi connectivity index (χ4n) is 3.56. The molecule has 0 radical (unpaired) electrons. The lowest BCUT2D eigenvalue weighted by atomic mass is 10.0. The van der Waals surface area contributed by atoms with E-state index in [4.69, 9.17) is 4.74 Å². The number of carbonyl (C=O) groups excluding carboxylic acids is 1. The van der Waals surface area contributed by atoms with Gasteiger partial charge in [0.15, 0.2) is 0 Å². The molecule has 2 rings (SSSR count). The molecule has 0 saturated carbocycles. The molecule has 2 saturated heterocycles. The van der Waals surface area contributed by atoms with Crippen molar-refractivity contribution in [3.8, 4) is 0 Å². The van der Waals surface area contributed by atoms with Crippen molar-refractivity contribution in [2.24, 2.45) is 5.92 Å². The minimum absolute atomic E-state index is 0.0535. The summed E-state index contributed by atoms with van der Waals surface area (Å²) in [6, 6.07) is 0.457. The van der Waals surface area contributed by atoms with Gasteiger partial charge in [0.2, 0.25) is 0 Å². The number of amides is 2. The highest BCUT2D eigenvalue weighted by molar-refractivity contribution is 5.74. The van der Waals surface area contributed by atoms with Crippen LogP contribution in [-0.4, -0.2) is 91.8 Å². The Hall–Kier alpha value is -0.850. The largest absolute Gasteiger partial charge is 0.372 e. The number of likely N-dealkylation sites (N-methyl/N-ethyl adjacent to an activating group) is 1. The molecule has 2 amide bonds. The maximum Gasteiger partial charge on any atom is 0.317 e. The summed E-state index contributed by atoms with van der Waals surface area (Å²) in [6.45, 7) is 15.8. The summed E-state index contributed by atoms with van der Waals surface area (Å²) in [5, 5.41) is 3.18. The van der Waals surface area contributed by atoms with Gasteiger partial charge in [0.25, 0.3) is 0 Å². The predicted octanol–water partition coefficient (Wildman–Crippen LogP) is 1.47. The van der Waals surface area contributed by atoms with Gasteiger partial charge < -0.3 is 19.9 Å². The number of nitrogens with zero attached hydrogens (tertiary/aromatic N) is 3. The van der Waals surface area contributed by atoms with E-state index in [0.29, 0.717) is 31.7 Å². The zero-order chi connectivity index (χ0) is 17.7. The van der Waals surface area contributed by atoms with Crippen molar-refractivity contribution in [1.29, 1.82) is 0 Å². The Morgan fingerprint density at radius 2 is 1.88 bits per heavy atom. The molecule has 0 bridgehead atoms. The molecule has 6 heteroatoms. The van der Waals surface area contributed by atoms with Crippen LogP contribution in [0.2, 0.25) is 0 Å². The van der Waals surface area contributed by atoms with E-state index in [9.17, 15) is 4.79 Å². The highest BCUT2D eigenvalue weighted by atomic mass is 16.5. The predicted molar refractivity (Wildman–Crippen MR) is 97.3 cm³/mol. The van der Waals surface area contributed by atoms with Gasteiger partial charge in [0.1, 0.15) is 0 Å². The molecule has 1 N–H and O–H groups in total. The van der Waals surface area contributed by atoms with Gasteiger partial charge in [-0.1, -0.05) is 20.8 Å². The molecule has 0 unspecified atom stereocenters. The molecule has 24 heavy (non-hydrogen) atoms. The SMILES string of the molecule is CC[C@@]1(C)CN(C(=O)NC[C@@H](C(C)C)N2CCN(C)CC2)CCO1. The number of carbonyl (C=O) groups is 1. The van der Waals surface area contributed by atoms with Crippen LogP contribution in [-0.2, 0) is 4.74 Å². The fourth-order valence-corrected chi connectivity index (χ4v) is 3.56. The summed E-state index contributed by atoms with van der Waals surface area (Å²) in [5.74, 6) is 0.527. The van der Waals surface area contributed by atoms with Crippen LogP contribution < -0.4 is 5.32 Å². The molecule has 2 fully saturated rings. The van der Waals surface area contributed by atoms with E-state index in [2.05, 4.69) is 49.9 Å². The van der Waals surface area contributed by atoms with Crippen LogP contribution >= 0.6 is 0 Å². The molecule has 2 atom stereocenters. The molecule has 0 aliphatic carbocycles.